The number of aryl methyl sites for hydroxylation is 2. The molecule has 2 amide bonds. The van der Waals surface area contributed by atoms with E-state index in [0.717, 1.165) is 36.1 Å². The molecule has 1 fully saturated rings. The first kappa shape index (κ1) is 18.7. The number of carbonyl (C=O) groups is 1. The minimum Gasteiger partial charge on any atom is -0.387 e. The third kappa shape index (κ3) is 5.47. The first-order chi connectivity index (χ1) is 11.5. The molecule has 1 aromatic carbocycles. The van der Waals surface area contributed by atoms with Gasteiger partial charge >= 0.3 is 6.03 Å². The van der Waals surface area contributed by atoms with Crippen LogP contribution >= 0.6 is 0 Å². The molecule has 1 heterocycles. The molecule has 6 nitrogen and oxygen atoms in total. The molecule has 2 rings (SSSR count). The number of methoxy groups -OCH3 is 1. The Bertz CT molecular complexity index is 524. The largest absolute Gasteiger partial charge is 0.387 e. The Morgan fingerprint density at radius 1 is 1.38 bits per heavy atom. The fraction of sp³-hybridized carbons (Fsp3) is 0.611. The van der Waals surface area contributed by atoms with Gasteiger partial charge in [0.1, 0.15) is 0 Å². The van der Waals surface area contributed by atoms with Gasteiger partial charge in [-0.2, -0.15) is 0 Å². The lowest BCUT2D eigenvalue weighted by Gasteiger charge is -2.24. The van der Waals surface area contributed by atoms with Gasteiger partial charge in [0.2, 0.25) is 0 Å². The van der Waals surface area contributed by atoms with Crippen molar-refractivity contribution in [2.45, 2.75) is 44.9 Å². The SMILES string of the molecule is COC[C@H](NC(=O)NC[C@@H](O)c1cc(C)cc(C)c1)[C@@H]1CCCO1. The summed E-state index contributed by atoms with van der Waals surface area (Å²) in [6.07, 6.45) is 1.16. The number of nitrogens with one attached hydrogen (secondary N) is 2. The predicted molar refractivity (Wildman–Crippen MR) is 92.0 cm³/mol. The molecule has 0 aromatic heterocycles. The average Bonchev–Trinajstić information content (AvgIpc) is 3.05. The highest BCUT2D eigenvalue weighted by Gasteiger charge is 2.27. The molecule has 3 N–H and O–H groups in total. The normalized spacial score (nSPS) is 19.8. The fourth-order valence-corrected chi connectivity index (χ4v) is 3.07. The first-order valence-corrected chi connectivity index (χ1v) is 8.40. The summed E-state index contributed by atoms with van der Waals surface area (Å²) in [6.45, 7) is 5.25. The monoisotopic (exact) mass is 336 g/mol. The van der Waals surface area contributed by atoms with E-state index >= 15 is 0 Å². The van der Waals surface area contributed by atoms with Gasteiger partial charge in [-0.15, -0.1) is 0 Å². The van der Waals surface area contributed by atoms with E-state index in [9.17, 15) is 9.90 Å². The molecule has 6 heteroatoms. The van der Waals surface area contributed by atoms with Crippen LogP contribution < -0.4 is 10.6 Å². The number of ether oxygens (including phenoxy) is 2. The summed E-state index contributed by atoms with van der Waals surface area (Å²) in [4.78, 5) is 12.1. The molecule has 1 aliphatic heterocycles. The minimum atomic E-state index is -0.738. The fourth-order valence-electron chi connectivity index (χ4n) is 3.07. The zero-order valence-electron chi connectivity index (χ0n) is 14.7. The number of carbonyl (C=O) groups excluding carboxylic acids is 1. The molecule has 0 radical (unpaired) electrons. The summed E-state index contributed by atoms with van der Waals surface area (Å²) in [5, 5.41) is 15.9. The number of benzene rings is 1. The van der Waals surface area contributed by atoms with E-state index in [1.54, 1.807) is 7.11 Å². The summed E-state index contributed by atoms with van der Waals surface area (Å²) in [7, 11) is 1.60. The molecule has 0 aliphatic carbocycles. The maximum absolute atomic E-state index is 12.1. The molecule has 0 unspecified atom stereocenters. The van der Waals surface area contributed by atoms with Crippen molar-refractivity contribution in [3.63, 3.8) is 0 Å². The maximum atomic E-state index is 12.1. The van der Waals surface area contributed by atoms with E-state index in [1.807, 2.05) is 32.0 Å². The predicted octanol–water partition coefficient (Wildman–Crippen LogP) is 1.83. The number of hydrogen-bond donors (Lipinski definition) is 3. The second kappa shape index (κ2) is 9.01. The first-order valence-electron chi connectivity index (χ1n) is 8.40. The Morgan fingerprint density at radius 2 is 2.08 bits per heavy atom. The van der Waals surface area contributed by atoms with Gasteiger partial charge in [0.25, 0.3) is 0 Å². The Balaban J connectivity index is 1.84. The van der Waals surface area contributed by atoms with Crippen molar-refractivity contribution in [1.29, 1.82) is 0 Å². The van der Waals surface area contributed by atoms with Crippen LogP contribution in [0.25, 0.3) is 0 Å². The summed E-state index contributed by atoms with van der Waals surface area (Å²) in [5.74, 6) is 0. The molecule has 3 atom stereocenters. The standard InChI is InChI=1S/C18H28N2O4/c1-12-7-13(2)9-14(8-12)16(21)10-19-18(22)20-15(11-23-3)17-5-4-6-24-17/h7-9,15-17,21H,4-6,10-11H2,1-3H3,(H2,19,20,22)/t15-,16+,17-/m0/s1. The molecule has 1 aliphatic rings. The second-order valence-electron chi connectivity index (χ2n) is 6.40. The third-order valence-electron chi connectivity index (χ3n) is 4.16. The number of hydrogen-bond acceptors (Lipinski definition) is 4. The summed E-state index contributed by atoms with van der Waals surface area (Å²) in [5.41, 5.74) is 2.99. The summed E-state index contributed by atoms with van der Waals surface area (Å²) >= 11 is 0. The third-order valence-corrected chi connectivity index (χ3v) is 4.16. The lowest BCUT2D eigenvalue weighted by Crippen LogP contribution is -2.50. The quantitative estimate of drug-likeness (QED) is 0.710. The lowest BCUT2D eigenvalue weighted by atomic mass is 10.0. The molecule has 1 saturated heterocycles. The highest BCUT2D eigenvalue weighted by Crippen LogP contribution is 2.17. The second-order valence-corrected chi connectivity index (χ2v) is 6.40. The molecule has 24 heavy (non-hydrogen) atoms. The van der Waals surface area contributed by atoms with E-state index in [1.165, 1.54) is 0 Å². The van der Waals surface area contributed by atoms with Crippen molar-refractivity contribution < 1.29 is 19.4 Å². The highest BCUT2D eigenvalue weighted by molar-refractivity contribution is 5.74. The van der Waals surface area contributed by atoms with Crippen LogP contribution in [0.15, 0.2) is 18.2 Å². The lowest BCUT2D eigenvalue weighted by molar-refractivity contribution is 0.0468. The van der Waals surface area contributed by atoms with Gasteiger partial charge in [-0.05, 0) is 32.3 Å². The Kier molecular flexibility index (Phi) is 7.02. The van der Waals surface area contributed by atoms with Crippen molar-refractivity contribution in [1.82, 2.24) is 10.6 Å². The van der Waals surface area contributed by atoms with Gasteiger partial charge in [0, 0.05) is 20.3 Å². The van der Waals surface area contributed by atoms with Crippen molar-refractivity contribution in [2.75, 3.05) is 26.9 Å². The van der Waals surface area contributed by atoms with Crippen molar-refractivity contribution in [2.24, 2.45) is 0 Å². The topological polar surface area (TPSA) is 79.8 Å². The Hall–Kier alpha value is -1.63. The molecule has 1 aromatic rings. The van der Waals surface area contributed by atoms with Crippen LogP contribution in [0.3, 0.4) is 0 Å². The molecule has 0 spiro atoms. The Labute approximate surface area is 143 Å². The number of aliphatic hydroxyl groups is 1. The van der Waals surface area contributed by atoms with Crippen LogP contribution in [0.2, 0.25) is 0 Å². The van der Waals surface area contributed by atoms with Gasteiger partial charge in [-0.1, -0.05) is 29.3 Å². The van der Waals surface area contributed by atoms with Gasteiger partial charge in [0.15, 0.2) is 0 Å². The summed E-state index contributed by atoms with van der Waals surface area (Å²) < 4.78 is 10.8. The maximum Gasteiger partial charge on any atom is 0.315 e. The summed E-state index contributed by atoms with van der Waals surface area (Å²) in [6, 6.07) is 5.40. The van der Waals surface area contributed by atoms with Crippen LogP contribution in [0.1, 0.15) is 35.6 Å². The Morgan fingerprint density at radius 3 is 2.67 bits per heavy atom. The van der Waals surface area contributed by atoms with Gasteiger partial charge in [0.05, 0.1) is 24.9 Å². The molecule has 0 bridgehead atoms. The van der Waals surface area contributed by atoms with E-state index in [4.69, 9.17) is 9.47 Å². The number of aliphatic hydroxyl groups excluding tert-OH is 1. The number of rotatable bonds is 7. The zero-order chi connectivity index (χ0) is 17.5. The number of urea groups is 1. The van der Waals surface area contributed by atoms with Crippen LogP contribution in [-0.4, -0.2) is 50.2 Å². The van der Waals surface area contributed by atoms with E-state index in [2.05, 4.69) is 10.6 Å². The van der Waals surface area contributed by atoms with Crippen LogP contribution in [0, 0.1) is 13.8 Å². The van der Waals surface area contributed by atoms with Crippen LogP contribution in [0.4, 0.5) is 4.79 Å². The van der Waals surface area contributed by atoms with E-state index < -0.39 is 6.10 Å². The smallest absolute Gasteiger partial charge is 0.315 e. The average molecular weight is 336 g/mol. The molecule has 134 valence electrons. The van der Waals surface area contributed by atoms with Crippen LogP contribution in [-0.2, 0) is 9.47 Å². The van der Waals surface area contributed by atoms with Gasteiger partial charge in [-0.25, -0.2) is 4.79 Å². The molecule has 0 saturated carbocycles. The van der Waals surface area contributed by atoms with Crippen molar-refractivity contribution in [3.8, 4) is 0 Å². The minimum absolute atomic E-state index is 0.0138. The van der Waals surface area contributed by atoms with Gasteiger partial charge in [-0.3, -0.25) is 0 Å². The molecular formula is C18H28N2O4. The van der Waals surface area contributed by atoms with E-state index in [0.29, 0.717) is 6.61 Å². The van der Waals surface area contributed by atoms with Crippen molar-refractivity contribution >= 4 is 6.03 Å². The number of amides is 2. The highest BCUT2D eigenvalue weighted by atomic mass is 16.5. The van der Waals surface area contributed by atoms with Gasteiger partial charge < -0.3 is 25.2 Å². The van der Waals surface area contributed by atoms with Crippen LogP contribution in [0.5, 0.6) is 0 Å². The molecular weight excluding hydrogens is 308 g/mol. The van der Waals surface area contributed by atoms with Crippen molar-refractivity contribution in [3.05, 3.63) is 34.9 Å². The van der Waals surface area contributed by atoms with E-state index in [-0.39, 0.29) is 24.7 Å². The zero-order valence-corrected chi connectivity index (χ0v) is 14.7.